The summed E-state index contributed by atoms with van der Waals surface area (Å²) in [5, 5.41) is 0. The molecule has 0 aromatic heterocycles. The average molecular weight is 248 g/mol. The molecule has 0 nitrogen and oxygen atoms in total. The Morgan fingerprint density at radius 2 is 0.500 bits per heavy atom. The van der Waals surface area contributed by atoms with Gasteiger partial charge in [0.25, 0.3) is 0 Å². The van der Waals surface area contributed by atoms with Crippen LogP contribution in [0.4, 0.5) is 18.8 Å². The van der Waals surface area contributed by atoms with Gasteiger partial charge in [0.05, 0.1) is 0 Å². The maximum absolute atomic E-state index is 0. The van der Waals surface area contributed by atoms with Gasteiger partial charge in [0.1, 0.15) is 0 Å². The largest absolute Gasteiger partial charge is 0 e. The fourth-order valence-electron chi connectivity index (χ4n) is 0. The Labute approximate surface area is 87.7 Å². The van der Waals surface area contributed by atoms with E-state index >= 15 is 0 Å². The van der Waals surface area contributed by atoms with Crippen molar-refractivity contribution in [2.24, 2.45) is 0 Å². The van der Waals surface area contributed by atoms with Crippen molar-refractivity contribution in [3.05, 3.63) is 0 Å². The molecule has 0 unspecified atom stereocenters. The van der Waals surface area contributed by atoms with E-state index in [-0.39, 0.29) is 89.2 Å². The molecule has 6 heavy (non-hydrogen) atoms. The molecule has 0 aliphatic rings. The van der Waals surface area contributed by atoms with Gasteiger partial charge >= 0.3 is 29.6 Å². The summed E-state index contributed by atoms with van der Waals surface area (Å²) in [5.74, 6) is 0. The first kappa shape index (κ1) is 94.1. The molecule has 0 rings (SSSR count). The van der Waals surface area contributed by atoms with Gasteiger partial charge in [-0.2, -0.15) is 0 Å². The van der Waals surface area contributed by atoms with E-state index in [0.29, 0.717) is 0 Å². The van der Waals surface area contributed by atoms with Gasteiger partial charge in [0.15, 0.2) is 0 Å². The molecule has 0 aromatic carbocycles. The Bertz CT molecular complexity index is 7.51. The summed E-state index contributed by atoms with van der Waals surface area (Å²) in [5.41, 5.74) is 0. The third-order valence-electron chi connectivity index (χ3n) is 0. The molecule has 0 bridgehead atoms. The molecule has 0 saturated heterocycles. The minimum absolute atomic E-state index is 0. The zero-order valence-corrected chi connectivity index (χ0v) is 5.34. The topological polar surface area (TPSA) is 0 Å². The van der Waals surface area contributed by atoms with Crippen molar-refractivity contribution in [2.45, 2.75) is 0 Å². The van der Waals surface area contributed by atoms with Gasteiger partial charge in [-0.1, -0.05) is 0 Å². The predicted octanol–water partition coefficient (Wildman–Crippen LogP) is -0.0385. The second-order valence-corrected chi connectivity index (χ2v) is 0. The normalized spacial score (nSPS) is 0. The quantitative estimate of drug-likeness (QED) is 0.417. The summed E-state index contributed by atoms with van der Waals surface area (Å²) < 4.78 is 0. The molecule has 0 aliphatic carbocycles. The number of halogens is 4. The first-order chi connectivity index (χ1) is 0. The van der Waals surface area contributed by atoms with E-state index in [9.17, 15) is 0 Å². The first-order valence-corrected chi connectivity index (χ1v) is 0. The van der Waals surface area contributed by atoms with Crippen LogP contribution in [0.25, 0.3) is 0 Å². The Kier molecular flexibility index (Phi) is 953. The maximum Gasteiger partial charge on any atom is 0 e. The van der Waals surface area contributed by atoms with Crippen LogP contribution in [-0.2, 0) is 0 Å². The SMILES string of the molecule is F.F.F.F.[NaH].[Nd]. The van der Waals surface area contributed by atoms with E-state index < -0.39 is 0 Å². The maximum atomic E-state index is 0. The van der Waals surface area contributed by atoms with E-state index in [0.717, 1.165) is 0 Å². The van der Waals surface area contributed by atoms with Gasteiger partial charge in [0.2, 0.25) is 0 Å². The molecule has 0 saturated carbocycles. The molecule has 0 radical (unpaired) electrons. The van der Waals surface area contributed by atoms with Gasteiger partial charge in [0, 0.05) is 40.8 Å². The number of hydrogen-bond acceptors (Lipinski definition) is 0. The van der Waals surface area contributed by atoms with Crippen LogP contribution >= 0.6 is 0 Å². The molecule has 0 aliphatic heterocycles. The zero-order chi connectivity index (χ0) is 0. The molecule has 6 heteroatoms. The van der Waals surface area contributed by atoms with Crippen LogP contribution in [0.2, 0.25) is 0 Å². The summed E-state index contributed by atoms with van der Waals surface area (Å²) in [6.45, 7) is 0. The van der Waals surface area contributed by atoms with E-state index in [2.05, 4.69) is 0 Å². The number of rotatable bonds is 0. The first-order valence-electron chi connectivity index (χ1n) is 0. The van der Waals surface area contributed by atoms with Crippen LogP contribution in [0, 0.1) is 40.8 Å². The van der Waals surface area contributed by atoms with E-state index in [1.807, 2.05) is 0 Å². The van der Waals surface area contributed by atoms with Crippen LogP contribution in [0.15, 0.2) is 0 Å². The Morgan fingerprint density at radius 1 is 0.500 bits per heavy atom. The molecule has 0 spiro atoms. The van der Waals surface area contributed by atoms with Crippen LogP contribution in [-0.4, -0.2) is 29.6 Å². The molecule has 0 aromatic rings. The van der Waals surface area contributed by atoms with E-state index in [4.69, 9.17) is 0 Å². The Hall–Kier alpha value is 2.07. The zero-order valence-electron chi connectivity index (χ0n) is 2.13. The van der Waals surface area contributed by atoms with Gasteiger partial charge in [-0.15, -0.1) is 0 Å². The molecule has 0 fully saturated rings. The predicted molar refractivity (Wildman–Crippen MR) is 17.2 cm³/mol. The third-order valence-corrected chi connectivity index (χ3v) is 0. The van der Waals surface area contributed by atoms with Crippen molar-refractivity contribution >= 4 is 29.6 Å². The summed E-state index contributed by atoms with van der Waals surface area (Å²) in [6, 6.07) is 0. The standard InChI is InChI=1S/4FH.Na.Nd.H/h4*1H;;;. The minimum Gasteiger partial charge on any atom is 0 e. The van der Waals surface area contributed by atoms with Crippen molar-refractivity contribution in [1.82, 2.24) is 0 Å². The van der Waals surface area contributed by atoms with Crippen molar-refractivity contribution in [2.75, 3.05) is 0 Å². The molecular formula is H5F4NaNd. The summed E-state index contributed by atoms with van der Waals surface area (Å²) >= 11 is 0. The molecule has 0 heterocycles. The average Bonchev–Trinajstić information content (AvgIpc) is 0. The van der Waals surface area contributed by atoms with Crippen LogP contribution in [0.5, 0.6) is 0 Å². The van der Waals surface area contributed by atoms with Gasteiger partial charge < -0.3 is 0 Å². The fraction of sp³-hybridized carbons (Fsp3) is 0. The fourth-order valence-corrected chi connectivity index (χ4v) is 0. The summed E-state index contributed by atoms with van der Waals surface area (Å²) in [7, 11) is 0. The molecule has 0 atom stereocenters. The van der Waals surface area contributed by atoms with Crippen LogP contribution < -0.4 is 0 Å². The Balaban J connectivity index is 0. The van der Waals surface area contributed by atoms with Gasteiger partial charge in [-0.3, -0.25) is 18.8 Å². The van der Waals surface area contributed by atoms with Crippen molar-refractivity contribution in [1.29, 1.82) is 0 Å². The summed E-state index contributed by atoms with van der Waals surface area (Å²) in [6.07, 6.45) is 0. The van der Waals surface area contributed by atoms with Crippen LogP contribution in [0.3, 0.4) is 0 Å². The monoisotopic (exact) mass is 246 g/mol. The number of hydrogen-bond donors (Lipinski definition) is 0. The molecular weight excluding hydrogens is 243 g/mol. The second kappa shape index (κ2) is 60.8. The third kappa shape index (κ3) is 36.4. The van der Waals surface area contributed by atoms with Gasteiger partial charge in [-0.05, 0) is 0 Å². The van der Waals surface area contributed by atoms with Crippen molar-refractivity contribution in [3.63, 3.8) is 0 Å². The van der Waals surface area contributed by atoms with E-state index in [1.165, 1.54) is 0 Å². The van der Waals surface area contributed by atoms with Crippen molar-refractivity contribution in [3.8, 4) is 0 Å². The van der Waals surface area contributed by atoms with Crippen LogP contribution in [0.1, 0.15) is 0 Å². The summed E-state index contributed by atoms with van der Waals surface area (Å²) in [4.78, 5) is 0. The van der Waals surface area contributed by atoms with Crippen molar-refractivity contribution < 1.29 is 59.7 Å². The smallest absolute Gasteiger partial charge is 0 e. The molecule has 0 amide bonds. The minimum atomic E-state index is 0. The molecule has 0 N–H and O–H groups in total. The molecule has 38 valence electrons. The Morgan fingerprint density at radius 3 is 0.500 bits per heavy atom. The van der Waals surface area contributed by atoms with Gasteiger partial charge in [-0.25, -0.2) is 0 Å². The second-order valence-electron chi connectivity index (χ2n) is 0. The van der Waals surface area contributed by atoms with E-state index in [1.54, 1.807) is 0 Å².